The summed E-state index contributed by atoms with van der Waals surface area (Å²) in [7, 11) is 0. The Morgan fingerprint density at radius 1 is 1.21 bits per heavy atom. The van der Waals surface area contributed by atoms with Gasteiger partial charge in [-0.15, -0.1) is 0 Å². The van der Waals surface area contributed by atoms with Gasteiger partial charge in [-0.2, -0.15) is 0 Å². The Bertz CT molecular complexity index is 595. The minimum absolute atomic E-state index is 0.185. The molecule has 0 saturated carbocycles. The lowest BCUT2D eigenvalue weighted by Crippen LogP contribution is -2.15. The third kappa shape index (κ3) is 3.23. The predicted octanol–water partition coefficient (Wildman–Crippen LogP) is 4.45. The first-order chi connectivity index (χ1) is 8.99. The average Bonchev–Trinajstić information content (AvgIpc) is 2.36. The van der Waals surface area contributed by atoms with Crippen LogP contribution in [0.15, 0.2) is 40.9 Å². The topological polar surface area (TPSA) is 26.0 Å². The Balaban J connectivity index is 2.25. The molecule has 0 aliphatic rings. The normalized spacial score (nSPS) is 12.5. The SMILES string of the molecule is Cc1cccc(C(N)Cc2ccc(Br)cc2F)c1C. The lowest BCUT2D eigenvalue weighted by Gasteiger charge is -2.16. The highest BCUT2D eigenvalue weighted by molar-refractivity contribution is 9.10. The number of hydrogen-bond acceptors (Lipinski definition) is 1. The third-order valence-electron chi connectivity index (χ3n) is 3.50. The van der Waals surface area contributed by atoms with Crippen LogP contribution in [0.2, 0.25) is 0 Å². The van der Waals surface area contributed by atoms with E-state index in [1.807, 2.05) is 18.2 Å². The summed E-state index contributed by atoms with van der Waals surface area (Å²) >= 11 is 3.26. The quantitative estimate of drug-likeness (QED) is 0.888. The molecule has 2 aromatic rings. The van der Waals surface area contributed by atoms with E-state index in [4.69, 9.17) is 5.73 Å². The lowest BCUT2D eigenvalue weighted by atomic mass is 9.93. The molecule has 0 radical (unpaired) electrons. The minimum atomic E-state index is -0.213. The molecular weight excluding hydrogens is 305 g/mol. The van der Waals surface area contributed by atoms with E-state index in [9.17, 15) is 4.39 Å². The second-order valence-electron chi connectivity index (χ2n) is 4.84. The molecule has 2 aromatic carbocycles. The third-order valence-corrected chi connectivity index (χ3v) is 3.99. The minimum Gasteiger partial charge on any atom is -0.324 e. The Morgan fingerprint density at radius 2 is 1.95 bits per heavy atom. The Hall–Kier alpha value is -1.19. The maximum Gasteiger partial charge on any atom is 0.127 e. The zero-order valence-corrected chi connectivity index (χ0v) is 12.7. The van der Waals surface area contributed by atoms with Gasteiger partial charge >= 0.3 is 0 Å². The van der Waals surface area contributed by atoms with Crippen LogP contribution in [0.25, 0.3) is 0 Å². The fraction of sp³-hybridized carbons (Fsp3) is 0.250. The highest BCUT2D eigenvalue weighted by Crippen LogP contribution is 2.24. The molecule has 1 atom stereocenters. The summed E-state index contributed by atoms with van der Waals surface area (Å²) in [5.74, 6) is -0.213. The van der Waals surface area contributed by atoms with Gasteiger partial charge in [-0.1, -0.05) is 40.2 Å². The molecule has 0 aliphatic heterocycles. The number of nitrogens with two attached hydrogens (primary N) is 1. The van der Waals surface area contributed by atoms with Crippen LogP contribution in [0, 0.1) is 19.7 Å². The van der Waals surface area contributed by atoms with Gasteiger partial charge in [0.1, 0.15) is 5.82 Å². The van der Waals surface area contributed by atoms with Crippen molar-refractivity contribution >= 4 is 15.9 Å². The van der Waals surface area contributed by atoms with E-state index in [2.05, 4.69) is 35.8 Å². The van der Waals surface area contributed by atoms with Crippen LogP contribution in [0.5, 0.6) is 0 Å². The van der Waals surface area contributed by atoms with Gasteiger partial charge in [0.05, 0.1) is 0 Å². The van der Waals surface area contributed by atoms with Gasteiger partial charge in [0.2, 0.25) is 0 Å². The van der Waals surface area contributed by atoms with E-state index in [0.717, 1.165) is 10.0 Å². The number of hydrogen-bond donors (Lipinski definition) is 1. The Morgan fingerprint density at radius 3 is 2.63 bits per heavy atom. The smallest absolute Gasteiger partial charge is 0.127 e. The van der Waals surface area contributed by atoms with E-state index in [-0.39, 0.29) is 11.9 Å². The van der Waals surface area contributed by atoms with Crippen LogP contribution >= 0.6 is 15.9 Å². The van der Waals surface area contributed by atoms with Crippen LogP contribution in [-0.4, -0.2) is 0 Å². The van der Waals surface area contributed by atoms with E-state index >= 15 is 0 Å². The molecule has 19 heavy (non-hydrogen) atoms. The van der Waals surface area contributed by atoms with Crippen molar-refractivity contribution < 1.29 is 4.39 Å². The number of rotatable bonds is 3. The zero-order chi connectivity index (χ0) is 14.0. The molecule has 0 spiro atoms. The monoisotopic (exact) mass is 321 g/mol. The summed E-state index contributed by atoms with van der Waals surface area (Å²) in [5, 5.41) is 0. The second-order valence-corrected chi connectivity index (χ2v) is 5.75. The molecule has 1 unspecified atom stereocenters. The van der Waals surface area contributed by atoms with Gasteiger partial charge in [-0.3, -0.25) is 0 Å². The van der Waals surface area contributed by atoms with Crippen molar-refractivity contribution in [1.29, 1.82) is 0 Å². The largest absolute Gasteiger partial charge is 0.324 e. The van der Waals surface area contributed by atoms with Crippen LogP contribution in [0.3, 0.4) is 0 Å². The van der Waals surface area contributed by atoms with Crippen LogP contribution < -0.4 is 5.73 Å². The van der Waals surface area contributed by atoms with Gasteiger partial charge in [0.25, 0.3) is 0 Å². The molecule has 0 amide bonds. The molecule has 0 saturated heterocycles. The predicted molar refractivity (Wildman–Crippen MR) is 80.6 cm³/mol. The first-order valence-corrected chi connectivity index (χ1v) is 7.04. The van der Waals surface area contributed by atoms with Gasteiger partial charge in [0.15, 0.2) is 0 Å². The van der Waals surface area contributed by atoms with Crippen molar-refractivity contribution in [3.63, 3.8) is 0 Å². The summed E-state index contributed by atoms with van der Waals surface area (Å²) in [6.07, 6.45) is 0.503. The summed E-state index contributed by atoms with van der Waals surface area (Å²) in [4.78, 5) is 0. The van der Waals surface area contributed by atoms with Crippen LogP contribution in [0.1, 0.15) is 28.3 Å². The number of benzene rings is 2. The van der Waals surface area contributed by atoms with Crippen molar-refractivity contribution in [3.8, 4) is 0 Å². The second kappa shape index (κ2) is 5.85. The van der Waals surface area contributed by atoms with Gasteiger partial charge in [-0.05, 0) is 54.7 Å². The fourth-order valence-corrected chi connectivity index (χ4v) is 2.54. The fourth-order valence-electron chi connectivity index (χ4n) is 2.21. The van der Waals surface area contributed by atoms with Gasteiger partial charge < -0.3 is 5.73 Å². The molecular formula is C16H17BrFN. The summed E-state index contributed by atoms with van der Waals surface area (Å²) < 4.78 is 14.6. The van der Waals surface area contributed by atoms with Crippen molar-refractivity contribution in [2.45, 2.75) is 26.3 Å². The Labute approximate surface area is 121 Å². The first kappa shape index (κ1) is 14.2. The van der Waals surface area contributed by atoms with Gasteiger partial charge in [-0.25, -0.2) is 4.39 Å². The highest BCUT2D eigenvalue weighted by Gasteiger charge is 2.13. The molecule has 0 aromatic heterocycles. The molecule has 0 fully saturated rings. The lowest BCUT2D eigenvalue weighted by molar-refractivity contribution is 0.592. The summed E-state index contributed by atoms with van der Waals surface area (Å²) in [6.45, 7) is 4.12. The zero-order valence-electron chi connectivity index (χ0n) is 11.1. The average molecular weight is 322 g/mol. The molecule has 2 rings (SSSR count). The van der Waals surface area contributed by atoms with E-state index in [0.29, 0.717) is 12.0 Å². The van der Waals surface area contributed by atoms with E-state index in [1.54, 1.807) is 6.07 Å². The molecule has 3 heteroatoms. The standard InChI is InChI=1S/C16H17BrFN/c1-10-4-3-5-14(11(10)2)16(19)8-12-6-7-13(17)9-15(12)18/h3-7,9,16H,8,19H2,1-2H3. The van der Waals surface area contributed by atoms with E-state index < -0.39 is 0 Å². The molecule has 100 valence electrons. The van der Waals surface area contributed by atoms with Crippen molar-refractivity contribution in [2.24, 2.45) is 5.73 Å². The molecule has 0 aliphatic carbocycles. The van der Waals surface area contributed by atoms with Crippen molar-refractivity contribution in [2.75, 3.05) is 0 Å². The summed E-state index contributed by atoms with van der Waals surface area (Å²) in [5.41, 5.74) is 10.4. The Kier molecular flexibility index (Phi) is 4.38. The molecule has 1 nitrogen and oxygen atoms in total. The number of halogens is 2. The van der Waals surface area contributed by atoms with Crippen molar-refractivity contribution in [3.05, 3.63) is 68.9 Å². The first-order valence-electron chi connectivity index (χ1n) is 6.24. The molecule has 2 N–H and O–H groups in total. The summed E-state index contributed by atoms with van der Waals surface area (Å²) in [6, 6.07) is 11.0. The number of aryl methyl sites for hydroxylation is 1. The van der Waals surface area contributed by atoms with Crippen LogP contribution in [-0.2, 0) is 6.42 Å². The van der Waals surface area contributed by atoms with Crippen LogP contribution in [0.4, 0.5) is 4.39 Å². The molecule has 0 bridgehead atoms. The molecule has 0 heterocycles. The van der Waals surface area contributed by atoms with E-state index in [1.165, 1.54) is 17.2 Å². The van der Waals surface area contributed by atoms with Crippen molar-refractivity contribution in [1.82, 2.24) is 0 Å². The van der Waals surface area contributed by atoms with Gasteiger partial charge in [0, 0.05) is 10.5 Å². The maximum absolute atomic E-state index is 13.8. The highest BCUT2D eigenvalue weighted by atomic mass is 79.9. The maximum atomic E-state index is 13.8.